The molecule has 1 aromatic rings. The summed E-state index contributed by atoms with van der Waals surface area (Å²) >= 11 is 0. The molecule has 2 N–H and O–H groups in total. The molecule has 0 bridgehead atoms. The molecule has 1 aromatic carbocycles. The number of anilines is 1. The number of fused-ring (bicyclic) bond motifs is 1. The summed E-state index contributed by atoms with van der Waals surface area (Å²) in [5.74, 6) is 0. The highest BCUT2D eigenvalue weighted by Crippen LogP contribution is 2.29. The highest BCUT2D eigenvalue weighted by atomic mass is 32.2. The van der Waals surface area contributed by atoms with E-state index in [1.54, 1.807) is 12.1 Å². The Hall–Kier alpha value is -2.02. The number of aryl methyl sites for hydroxylation is 1. The summed E-state index contributed by atoms with van der Waals surface area (Å²) in [6.45, 7) is 0. The van der Waals surface area contributed by atoms with E-state index < -0.39 is 10.2 Å². The molecule has 18 heavy (non-hydrogen) atoms. The first kappa shape index (κ1) is 11.1. The molecule has 1 aliphatic carbocycles. The molecule has 0 atom stereocenters. The third kappa shape index (κ3) is 1.55. The average molecular weight is 265 g/mol. The fourth-order valence-corrected chi connectivity index (χ4v) is 3.20. The Morgan fingerprint density at radius 3 is 2.83 bits per heavy atom. The second-order valence-electron chi connectivity index (χ2n) is 4.12. The molecular weight excluding hydrogens is 254 g/mol. The van der Waals surface area contributed by atoms with Gasteiger partial charge in [-0.1, -0.05) is 11.2 Å². The molecule has 7 heteroatoms. The van der Waals surface area contributed by atoms with Gasteiger partial charge < -0.3 is 5.21 Å². The minimum atomic E-state index is -3.48. The van der Waals surface area contributed by atoms with Crippen LogP contribution < -0.4 is 9.03 Å². The van der Waals surface area contributed by atoms with E-state index in [0.29, 0.717) is 17.8 Å². The van der Waals surface area contributed by atoms with Gasteiger partial charge in [-0.2, -0.15) is 8.42 Å². The SMILES string of the molecule is O=S1(=O)NC=CN1c1ccc2c(c1)CCC2=NO. The van der Waals surface area contributed by atoms with Crippen LogP contribution in [0.15, 0.2) is 35.8 Å². The zero-order chi connectivity index (χ0) is 12.8. The van der Waals surface area contributed by atoms with Gasteiger partial charge in [-0.15, -0.1) is 0 Å². The van der Waals surface area contributed by atoms with Gasteiger partial charge in [0.1, 0.15) is 0 Å². The molecule has 94 valence electrons. The number of benzene rings is 1. The van der Waals surface area contributed by atoms with E-state index in [4.69, 9.17) is 5.21 Å². The van der Waals surface area contributed by atoms with E-state index in [1.807, 2.05) is 6.07 Å². The Bertz CT molecular complexity index is 664. The van der Waals surface area contributed by atoms with Crippen LogP contribution in [0.3, 0.4) is 0 Å². The molecule has 3 rings (SSSR count). The van der Waals surface area contributed by atoms with Crippen molar-refractivity contribution in [3.05, 3.63) is 41.7 Å². The molecule has 0 saturated heterocycles. The highest BCUT2D eigenvalue weighted by molar-refractivity contribution is 7.91. The van der Waals surface area contributed by atoms with E-state index in [9.17, 15) is 8.42 Å². The van der Waals surface area contributed by atoms with Crippen LogP contribution in [0.5, 0.6) is 0 Å². The summed E-state index contributed by atoms with van der Waals surface area (Å²) < 4.78 is 26.8. The number of hydrogen-bond donors (Lipinski definition) is 2. The van der Waals surface area contributed by atoms with Gasteiger partial charge >= 0.3 is 10.2 Å². The second kappa shape index (κ2) is 3.74. The third-order valence-corrected chi connectivity index (χ3v) is 4.38. The van der Waals surface area contributed by atoms with E-state index in [-0.39, 0.29) is 0 Å². The maximum absolute atomic E-state index is 11.7. The topological polar surface area (TPSA) is 82.0 Å². The Labute approximate surface area is 104 Å². The smallest absolute Gasteiger partial charge is 0.327 e. The van der Waals surface area contributed by atoms with Crippen LogP contribution in [0.4, 0.5) is 5.69 Å². The Morgan fingerprint density at radius 1 is 1.33 bits per heavy atom. The molecule has 0 spiro atoms. The monoisotopic (exact) mass is 265 g/mol. The summed E-state index contributed by atoms with van der Waals surface area (Å²) in [5.41, 5.74) is 3.11. The van der Waals surface area contributed by atoms with Crippen LogP contribution in [0, 0.1) is 0 Å². The van der Waals surface area contributed by atoms with Crippen molar-refractivity contribution in [1.29, 1.82) is 0 Å². The largest absolute Gasteiger partial charge is 0.411 e. The van der Waals surface area contributed by atoms with Crippen molar-refractivity contribution in [3.63, 3.8) is 0 Å². The van der Waals surface area contributed by atoms with E-state index in [1.165, 1.54) is 16.7 Å². The molecular formula is C11H11N3O3S. The molecule has 0 unspecified atom stereocenters. The van der Waals surface area contributed by atoms with Crippen LogP contribution in [-0.2, 0) is 16.6 Å². The molecule has 0 fully saturated rings. The van der Waals surface area contributed by atoms with Crippen molar-refractivity contribution in [2.45, 2.75) is 12.8 Å². The molecule has 0 amide bonds. The number of oxime groups is 1. The summed E-state index contributed by atoms with van der Waals surface area (Å²) in [6, 6.07) is 5.29. The number of hydrogen-bond acceptors (Lipinski definition) is 4. The molecule has 2 aliphatic rings. The normalized spacial score (nSPS) is 22.2. The first-order valence-corrected chi connectivity index (χ1v) is 6.88. The number of nitrogens with zero attached hydrogens (tertiary/aromatic N) is 2. The maximum Gasteiger partial charge on any atom is 0.327 e. The van der Waals surface area contributed by atoms with Gasteiger partial charge in [-0.05, 0) is 30.5 Å². The van der Waals surface area contributed by atoms with Crippen molar-refractivity contribution in [2.24, 2.45) is 5.16 Å². The first-order chi connectivity index (χ1) is 8.62. The summed E-state index contributed by atoms with van der Waals surface area (Å²) in [7, 11) is -3.48. The van der Waals surface area contributed by atoms with Gasteiger partial charge in [-0.25, -0.2) is 4.31 Å². The summed E-state index contributed by atoms with van der Waals surface area (Å²) in [6.07, 6.45) is 4.28. The van der Waals surface area contributed by atoms with Crippen LogP contribution in [0.1, 0.15) is 17.5 Å². The van der Waals surface area contributed by atoms with Gasteiger partial charge in [-0.3, -0.25) is 4.72 Å². The highest BCUT2D eigenvalue weighted by Gasteiger charge is 2.26. The lowest BCUT2D eigenvalue weighted by Gasteiger charge is -2.15. The van der Waals surface area contributed by atoms with Crippen molar-refractivity contribution < 1.29 is 13.6 Å². The molecule has 1 aliphatic heterocycles. The van der Waals surface area contributed by atoms with Crippen molar-refractivity contribution in [1.82, 2.24) is 4.72 Å². The fraction of sp³-hybridized carbons (Fsp3) is 0.182. The molecule has 6 nitrogen and oxygen atoms in total. The number of nitrogens with one attached hydrogen (secondary N) is 1. The quantitative estimate of drug-likeness (QED) is 0.585. The predicted octanol–water partition coefficient (Wildman–Crippen LogP) is 0.937. The average Bonchev–Trinajstić information content (AvgIpc) is 2.90. The lowest BCUT2D eigenvalue weighted by molar-refractivity contribution is 0.318. The molecule has 0 radical (unpaired) electrons. The summed E-state index contributed by atoms with van der Waals surface area (Å²) in [5, 5.41) is 12.1. The number of rotatable bonds is 1. The van der Waals surface area contributed by atoms with Crippen molar-refractivity contribution >= 4 is 21.6 Å². The van der Waals surface area contributed by atoms with Crippen LogP contribution in [0.2, 0.25) is 0 Å². The fourth-order valence-electron chi connectivity index (χ4n) is 2.24. The van der Waals surface area contributed by atoms with E-state index in [0.717, 1.165) is 17.5 Å². The lowest BCUT2D eigenvalue weighted by atomic mass is 10.1. The predicted molar refractivity (Wildman–Crippen MR) is 66.8 cm³/mol. The third-order valence-electron chi connectivity index (χ3n) is 3.09. The van der Waals surface area contributed by atoms with Gasteiger partial charge in [0.05, 0.1) is 11.4 Å². The second-order valence-corrected chi connectivity index (χ2v) is 5.70. The van der Waals surface area contributed by atoms with Crippen LogP contribution in [0.25, 0.3) is 0 Å². The molecule has 0 saturated carbocycles. The summed E-state index contributed by atoms with van der Waals surface area (Å²) in [4.78, 5) is 0. The Kier molecular flexibility index (Phi) is 2.30. The molecule has 0 aromatic heterocycles. The Balaban J connectivity index is 2.05. The van der Waals surface area contributed by atoms with Crippen LogP contribution in [-0.4, -0.2) is 19.3 Å². The zero-order valence-electron chi connectivity index (χ0n) is 9.37. The lowest BCUT2D eigenvalue weighted by Crippen LogP contribution is -2.28. The Morgan fingerprint density at radius 2 is 2.17 bits per heavy atom. The van der Waals surface area contributed by atoms with E-state index in [2.05, 4.69) is 9.88 Å². The van der Waals surface area contributed by atoms with Gasteiger partial charge in [0.25, 0.3) is 0 Å². The van der Waals surface area contributed by atoms with Gasteiger partial charge in [0, 0.05) is 18.0 Å². The van der Waals surface area contributed by atoms with Crippen molar-refractivity contribution in [2.75, 3.05) is 4.31 Å². The van der Waals surface area contributed by atoms with E-state index >= 15 is 0 Å². The van der Waals surface area contributed by atoms with Crippen molar-refractivity contribution in [3.8, 4) is 0 Å². The first-order valence-electron chi connectivity index (χ1n) is 5.44. The van der Waals surface area contributed by atoms with Gasteiger partial charge in [0.15, 0.2) is 0 Å². The van der Waals surface area contributed by atoms with Crippen LogP contribution >= 0.6 is 0 Å². The zero-order valence-corrected chi connectivity index (χ0v) is 10.2. The standard InChI is InChI=1S/C11H11N3O3S/c15-13-11-4-1-8-7-9(2-3-10(8)11)14-6-5-12-18(14,16)17/h2-3,5-7,12,15H,1,4H2. The minimum Gasteiger partial charge on any atom is -0.411 e. The van der Waals surface area contributed by atoms with Gasteiger partial charge in [0.2, 0.25) is 0 Å². The molecule has 1 heterocycles. The minimum absolute atomic E-state index is 0.578. The maximum atomic E-state index is 11.7.